The highest BCUT2D eigenvalue weighted by Gasteiger charge is 2.17. The minimum Gasteiger partial charge on any atom is -0.225 e. The minimum atomic E-state index is -3.73. The largest absolute Gasteiger partial charge is 0.238 e. The lowest BCUT2D eigenvalue weighted by Crippen LogP contribution is -2.15. The number of sulfonamides is 1. The van der Waals surface area contributed by atoms with Crippen LogP contribution in [0, 0.1) is 13.8 Å². The second-order valence-electron chi connectivity index (χ2n) is 3.75. The Morgan fingerprint density at radius 3 is 2.53 bits per heavy atom. The lowest BCUT2D eigenvalue weighted by Gasteiger charge is -2.12. The van der Waals surface area contributed by atoms with Gasteiger partial charge in [0.1, 0.15) is 0 Å². The number of nitrogens with zero attached hydrogens (tertiary/aromatic N) is 3. The van der Waals surface area contributed by atoms with Crippen molar-refractivity contribution < 1.29 is 8.42 Å². The molecule has 0 atom stereocenters. The average molecular weight is 252 g/mol. The van der Waals surface area contributed by atoms with E-state index in [2.05, 4.69) is 10.3 Å². The fraction of sp³-hybridized carbons (Fsp3) is 0.200. The van der Waals surface area contributed by atoms with E-state index in [4.69, 9.17) is 5.14 Å². The molecule has 0 aliphatic heterocycles. The third-order valence-corrected chi connectivity index (χ3v) is 3.60. The fourth-order valence-electron chi connectivity index (χ4n) is 1.81. The van der Waals surface area contributed by atoms with E-state index in [-0.39, 0.29) is 4.90 Å². The number of nitrogens with two attached hydrogens (primary N) is 1. The van der Waals surface area contributed by atoms with Gasteiger partial charge in [-0.3, -0.25) is 0 Å². The molecule has 0 radical (unpaired) electrons. The van der Waals surface area contributed by atoms with Crippen LogP contribution in [0.3, 0.4) is 0 Å². The maximum Gasteiger partial charge on any atom is 0.238 e. The lowest BCUT2D eigenvalue weighted by atomic mass is 10.1. The van der Waals surface area contributed by atoms with Crippen molar-refractivity contribution in [3.63, 3.8) is 0 Å². The molecule has 2 rings (SSSR count). The summed E-state index contributed by atoms with van der Waals surface area (Å²) in [5, 5.41) is 12.7. The molecular formula is C10H12N4O2S. The summed E-state index contributed by atoms with van der Waals surface area (Å²) in [6.07, 6.45) is 3.19. The molecule has 17 heavy (non-hydrogen) atoms. The van der Waals surface area contributed by atoms with E-state index >= 15 is 0 Å². The lowest BCUT2D eigenvalue weighted by molar-refractivity contribution is 0.597. The molecule has 0 aliphatic carbocycles. The maximum atomic E-state index is 11.4. The molecule has 2 N–H and O–H groups in total. The zero-order valence-electron chi connectivity index (χ0n) is 9.45. The molecule has 0 saturated carbocycles. The smallest absolute Gasteiger partial charge is 0.225 e. The maximum absolute atomic E-state index is 11.4. The number of aromatic nitrogens is 3. The summed E-state index contributed by atoms with van der Waals surface area (Å²) in [5.74, 6) is 0. The monoisotopic (exact) mass is 252 g/mol. The Labute approximate surface area is 99.1 Å². The fourth-order valence-corrected chi connectivity index (χ4v) is 2.59. The summed E-state index contributed by atoms with van der Waals surface area (Å²) in [4.78, 5) is 0.105. The van der Waals surface area contributed by atoms with Crippen molar-refractivity contribution in [2.45, 2.75) is 18.7 Å². The van der Waals surface area contributed by atoms with Crippen LogP contribution in [0.5, 0.6) is 0 Å². The molecule has 0 saturated heterocycles. The zero-order chi connectivity index (χ0) is 12.6. The normalized spacial score (nSPS) is 11.7. The molecule has 90 valence electrons. The van der Waals surface area contributed by atoms with Crippen LogP contribution in [0.25, 0.3) is 5.69 Å². The van der Waals surface area contributed by atoms with E-state index in [1.54, 1.807) is 19.2 Å². The van der Waals surface area contributed by atoms with Crippen LogP contribution in [0.4, 0.5) is 0 Å². The molecule has 0 fully saturated rings. The number of rotatable bonds is 2. The second-order valence-corrected chi connectivity index (χ2v) is 5.28. The first-order valence-corrected chi connectivity index (χ1v) is 6.45. The predicted molar refractivity (Wildman–Crippen MR) is 62.2 cm³/mol. The molecule has 0 spiro atoms. The van der Waals surface area contributed by atoms with Crippen molar-refractivity contribution >= 4 is 10.0 Å². The first-order valence-electron chi connectivity index (χ1n) is 4.91. The highest BCUT2D eigenvalue weighted by Crippen LogP contribution is 2.23. The first kappa shape index (κ1) is 11.7. The van der Waals surface area contributed by atoms with Crippen LogP contribution in [-0.2, 0) is 10.0 Å². The molecule has 0 bridgehead atoms. The Hall–Kier alpha value is -1.73. The van der Waals surface area contributed by atoms with Crippen molar-refractivity contribution in [3.8, 4) is 5.69 Å². The molecule has 0 unspecified atom stereocenters. The number of hydrogen-bond donors (Lipinski definition) is 1. The van der Waals surface area contributed by atoms with Gasteiger partial charge < -0.3 is 0 Å². The minimum absolute atomic E-state index is 0.105. The summed E-state index contributed by atoms with van der Waals surface area (Å²) in [6, 6.07) is 3.20. The van der Waals surface area contributed by atoms with E-state index in [0.29, 0.717) is 11.3 Å². The average Bonchev–Trinajstić information content (AvgIpc) is 2.68. The van der Waals surface area contributed by atoms with E-state index in [1.165, 1.54) is 16.9 Å². The van der Waals surface area contributed by atoms with Crippen LogP contribution >= 0.6 is 0 Å². The predicted octanol–water partition coefficient (Wildman–Crippen LogP) is 0.532. The Kier molecular flexibility index (Phi) is 2.72. The highest BCUT2D eigenvalue weighted by molar-refractivity contribution is 7.89. The van der Waals surface area contributed by atoms with E-state index in [1.807, 2.05) is 6.92 Å². The topological polar surface area (TPSA) is 90.9 Å². The summed E-state index contributed by atoms with van der Waals surface area (Å²) in [5.41, 5.74) is 2.16. The summed E-state index contributed by atoms with van der Waals surface area (Å²) in [6.45, 7) is 3.57. The summed E-state index contributed by atoms with van der Waals surface area (Å²) in [7, 11) is -3.73. The SMILES string of the molecule is Cc1ccc(S(N)(=O)=O)c(C)c1-n1ccnn1. The highest BCUT2D eigenvalue weighted by atomic mass is 32.2. The van der Waals surface area contributed by atoms with Gasteiger partial charge in [0.15, 0.2) is 0 Å². The Balaban J connectivity index is 2.77. The second kappa shape index (κ2) is 3.94. The molecule has 1 aromatic heterocycles. The molecular weight excluding hydrogens is 240 g/mol. The number of aryl methyl sites for hydroxylation is 1. The van der Waals surface area contributed by atoms with Gasteiger partial charge in [-0.05, 0) is 31.0 Å². The number of benzene rings is 1. The van der Waals surface area contributed by atoms with Crippen molar-refractivity contribution in [1.82, 2.24) is 15.0 Å². The van der Waals surface area contributed by atoms with Gasteiger partial charge in [0.2, 0.25) is 10.0 Å². The van der Waals surface area contributed by atoms with Gasteiger partial charge in [0.05, 0.1) is 23.0 Å². The third-order valence-electron chi connectivity index (χ3n) is 2.54. The van der Waals surface area contributed by atoms with Crippen LogP contribution in [0.1, 0.15) is 11.1 Å². The summed E-state index contributed by atoms with van der Waals surface area (Å²) < 4.78 is 24.4. The van der Waals surface area contributed by atoms with Crippen LogP contribution in [0.2, 0.25) is 0 Å². The number of primary sulfonamides is 1. The van der Waals surface area contributed by atoms with Crippen LogP contribution < -0.4 is 5.14 Å². The van der Waals surface area contributed by atoms with Gasteiger partial charge >= 0.3 is 0 Å². The van der Waals surface area contributed by atoms with Crippen LogP contribution in [-0.4, -0.2) is 23.4 Å². The molecule has 0 aliphatic rings. The van der Waals surface area contributed by atoms with Crippen molar-refractivity contribution in [3.05, 3.63) is 35.7 Å². The Morgan fingerprint density at radius 1 is 1.29 bits per heavy atom. The van der Waals surface area contributed by atoms with Gasteiger partial charge in [0, 0.05) is 0 Å². The molecule has 6 nitrogen and oxygen atoms in total. The standard InChI is InChI=1S/C10H12N4O2S/c1-7-3-4-9(17(11,15)16)8(2)10(7)14-6-5-12-13-14/h3-6H,1-2H3,(H2,11,15,16). The third kappa shape index (κ3) is 2.06. The van der Waals surface area contributed by atoms with Crippen molar-refractivity contribution in [2.24, 2.45) is 5.14 Å². The van der Waals surface area contributed by atoms with Gasteiger partial charge in [0.25, 0.3) is 0 Å². The first-order chi connectivity index (χ1) is 7.91. The van der Waals surface area contributed by atoms with Gasteiger partial charge in [-0.25, -0.2) is 18.2 Å². The molecule has 7 heteroatoms. The Morgan fingerprint density at radius 2 is 2.00 bits per heavy atom. The quantitative estimate of drug-likeness (QED) is 0.844. The molecule has 1 aromatic carbocycles. The molecule has 1 heterocycles. The number of hydrogen-bond acceptors (Lipinski definition) is 4. The van der Waals surface area contributed by atoms with Gasteiger partial charge in [-0.1, -0.05) is 11.3 Å². The van der Waals surface area contributed by atoms with Gasteiger partial charge in [-0.2, -0.15) is 0 Å². The zero-order valence-corrected chi connectivity index (χ0v) is 10.3. The van der Waals surface area contributed by atoms with Crippen molar-refractivity contribution in [1.29, 1.82) is 0 Å². The summed E-state index contributed by atoms with van der Waals surface area (Å²) >= 11 is 0. The molecule has 0 amide bonds. The Bertz CT molecular complexity index is 647. The van der Waals surface area contributed by atoms with Crippen molar-refractivity contribution in [2.75, 3.05) is 0 Å². The van der Waals surface area contributed by atoms with Crippen LogP contribution in [0.15, 0.2) is 29.4 Å². The van der Waals surface area contributed by atoms with E-state index in [9.17, 15) is 8.42 Å². The molecule has 2 aromatic rings. The van der Waals surface area contributed by atoms with E-state index in [0.717, 1.165) is 5.56 Å². The van der Waals surface area contributed by atoms with E-state index < -0.39 is 10.0 Å². The van der Waals surface area contributed by atoms with Gasteiger partial charge in [-0.15, -0.1) is 5.10 Å².